The van der Waals surface area contributed by atoms with Crippen LogP contribution in [0.2, 0.25) is 0 Å². The minimum Gasteiger partial charge on any atom is -0.497 e. The van der Waals surface area contributed by atoms with Crippen LogP contribution in [0.25, 0.3) is 0 Å². The molecule has 0 spiro atoms. The molecule has 0 radical (unpaired) electrons. The highest BCUT2D eigenvalue weighted by Crippen LogP contribution is 2.30. The monoisotopic (exact) mass is 403 g/mol. The summed E-state index contributed by atoms with van der Waals surface area (Å²) in [7, 11) is -2.16. The molecule has 2 aromatic carbocycles. The predicted molar refractivity (Wildman–Crippen MR) is 106 cm³/mol. The van der Waals surface area contributed by atoms with E-state index < -0.39 is 16.0 Å². The van der Waals surface area contributed by atoms with Crippen molar-refractivity contribution in [2.24, 2.45) is 0 Å². The van der Waals surface area contributed by atoms with Crippen molar-refractivity contribution in [3.63, 3.8) is 0 Å². The number of carbonyl (C=O) groups is 1. The standard InChI is InChI=1S/C21H25NO5S/c1-27-19-11-7-16(8-12-19)15-22(18-5-3-2-4-6-18)28(25,26)20-13-9-17(10-14-20)21(23)24/h7-14,18H,2-6,15H2,1H3,(H,23,24). The second-order valence-corrected chi connectivity index (χ2v) is 8.91. The summed E-state index contributed by atoms with van der Waals surface area (Å²) in [6.45, 7) is 0.275. The Morgan fingerprint density at radius 2 is 1.64 bits per heavy atom. The molecule has 28 heavy (non-hydrogen) atoms. The molecule has 3 rings (SSSR count). The van der Waals surface area contributed by atoms with Crippen LogP contribution in [0.4, 0.5) is 0 Å². The van der Waals surface area contributed by atoms with E-state index in [-0.39, 0.29) is 23.0 Å². The zero-order valence-electron chi connectivity index (χ0n) is 15.9. The molecule has 1 fully saturated rings. The number of hydrogen-bond acceptors (Lipinski definition) is 4. The van der Waals surface area contributed by atoms with Gasteiger partial charge in [-0.1, -0.05) is 31.4 Å². The normalized spacial score (nSPS) is 15.5. The third-order valence-corrected chi connectivity index (χ3v) is 7.10. The van der Waals surface area contributed by atoms with E-state index in [1.54, 1.807) is 11.4 Å². The van der Waals surface area contributed by atoms with Crippen molar-refractivity contribution in [2.45, 2.75) is 49.6 Å². The molecule has 7 heteroatoms. The first-order valence-electron chi connectivity index (χ1n) is 9.40. The third kappa shape index (κ3) is 4.54. The topological polar surface area (TPSA) is 83.9 Å². The van der Waals surface area contributed by atoms with Crippen molar-refractivity contribution in [1.82, 2.24) is 4.31 Å². The van der Waals surface area contributed by atoms with Crippen LogP contribution in [0.15, 0.2) is 53.4 Å². The van der Waals surface area contributed by atoms with Crippen LogP contribution in [0.1, 0.15) is 48.0 Å². The summed E-state index contributed by atoms with van der Waals surface area (Å²) in [6.07, 6.45) is 4.82. The molecule has 1 N–H and O–H groups in total. The zero-order valence-corrected chi connectivity index (χ0v) is 16.7. The molecular formula is C21H25NO5S. The number of sulfonamides is 1. The van der Waals surface area contributed by atoms with Gasteiger partial charge in [-0.3, -0.25) is 0 Å². The van der Waals surface area contributed by atoms with Gasteiger partial charge in [-0.15, -0.1) is 0 Å². The fraction of sp³-hybridized carbons (Fsp3) is 0.381. The smallest absolute Gasteiger partial charge is 0.335 e. The highest BCUT2D eigenvalue weighted by atomic mass is 32.2. The van der Waals surface area contributed by atoms with Gasteiger partial charge in [0.05, 0.1) is 17.6 Å². The highest BCUT2D eigenvalue weighted by molar-refractivity contribution is 7.89. The van der Waals surface area contributed by atoms with Gasteiger partial charge in [0.15, 0.2) is 0 Å². The Balaban J connectivity index is 1.92. The van der Waals surface area contributed by atoms with E-state index in [0.29, 0.717) is 0 Å². The summed E-state index contributed by atoms with van der Waals surface area (Å²) in [4.78, 5) is 11.2. The molecule has 6 nitrogen and oxygen atoms in total. The van der Waals surface area contributed by atoms with Crippen molar-refractivity contribution >= 4 is 16.0 Å². The Bertz CT molecular complexity index is 901. The fourth-order valence-corrected chi connectivity index (χ4v) is 5.27. The minimum absolute atomic E-state index is 0.0556. The summed E-state index contributed by atoms with van der Waals surface area (Å²) >= 11 is 0. The molecule has 0 heterocycles. The van der Waals surface area contributed by atoms with Crippen molar-refractivity contribution < 1.29 is 23.1 Å². The first-order chi connectivity index (χ1) is 13.4. The van der Waals surface area contributed by atoms with Gasteiger partial charge in [-0.25, -0.2) is 13.2 Å². The van der Waals surface area contributed by atoms with Gasteiger partial charge in [-0.05, 0) is 54.8 Å². The molecule has 0 aliphatic heterocycles. The molecule has 0 unspecified atom stereocenters. The quantitative estimate of drug-likeness (QED) is 0.758. The Kier molecular flexibility index (Phi) is 6.36. The zero-order chi connectivity index (χ0) is 20.1. The Labute approximate surface area is 165 Å². The van der Waals surface area contributed by atoms with Gasteiger partial charge >= 0.3 is 5.97 Å². The molecule has 1 saturated carbocycles. The van der Waals surface area contributed by atoms with Crippen molar-refractivity contribution in [1.29, 1.82) is 0 Å². The van der Waals surface area contributed by atoms with Gasteiger partial charge in [0, 0.05) is 12.6 Å². The summed E-state index contributed by atoms with van der Waals surface area (Å²) in [5.41, 5.74) is 0.954. The first-order valence-corrected chi connectivity index (χ1v) is 10.8. The van der Waals surface area contributed by atoms with Crippen LogP contribution in [-0.2, 0) is 16.6 Å². The van der Waals surface area contributed by atoms with Gasteiger partial charge in [0.2, 0.25) is 10.0 Å². The van der Waals surface area contributed by atoms with E-state index in [9.17, 15) is 13.2 Å². The number of hydrogen-bond donors (Lipinski definition) is 1. The lowest BCUT2D eigenvalue weighted by atomic mass is 9.95. The van der Waals surface area contributed by atoms with Crippen molar-refractivity contribution in [2.75, 3.05) is 7.11 Å². The van der Waals surface area contributed by atoms with Gasteiger partial charge in [-0.2, -0.15) is 4.31 Å². The largest absolute Gasteiger partial charge is 0.497 e. The lowest BCUT2D eigenvalue weighted by Gasteiger charge is -2.33. The average molecular weight is 404 g/mol. The number of nitrogens with zero attached hydrogens (tertiary/aromatic N) is 1. The fourth-order valence-electron chi connectivity index (χ4n) is 3.60. The summed E-state index contributed by atoms with van der Waals surface area (Å²) in [5, 5.41) is 9.06. The summed E-state index contributed by atoms with van der Waals surface area (Å²) in [5.74, 6) is -0.355. The van der Waals surface area contributed by atoms with Crippen molar-refractivity contribution in [3.8, 4) is 5.75 Å². The molecule has 1 aliphatic rings. The predicted octanol–water partition coefficient (Wildman–Crippen LogP) is 3.92. The average Bonchev–Trinajstić information content (AvgIpc) is 2.73. The van der Waals surface area contributed by atoms with Crippen LogP contribution < -0.4 is 4.74 Å². The van der Waals surface area contributed by atoms with E-state index in [0.717, 1.165) is 43.4 Å². The molecular weight excluding hydrogens is 378 g/mol. The number of carboxylic acid groups (broad SMARTS) is 1. The SMILES string of the molecule is COc1ccc(CN(C2CCCCC2)S(=O)(=O)c2ccc(C(=O)O)cc2)cc1. The number of methoxy groups -OCH3 is 1. The summed E-state index contributed by atoms with van der Waals surface area (Å²) < 4.78 is 33.5. The van der Waals surface area contributed by atoms with Crippen LogP contribution in [0.3, 0.4) is 0 Å². The first kappa shape index (κ1) is 20.4. The molecule has 150 valence electrons. The van der Waals surface area contributed by atoms with Gasteiger partial charge in [0.1, 0.15) is 5.75 Å². The number of benzene rings is 2. The number of rotatable bonds is 7. The number of aromatic carboxylic acids is 1. The second kappa shape index (κ2) is 8.75. The van der Waals surface area contributed by atoms with Gasteiger partial charge < -0.3 is 9.84 Å². The molecule has 0 saturated heterocycles. The Morgan fingerprint density at radius 1 is 1.04 bits per heavy atom. The lowest BCUT2D eigenvalue weighted by Crippen LogP contribution is -2.40. The maximum absolute atomic E-state index is 13.4. The van der Waals surface area contributed by atoms with Crippen molar-refractivity contribution in [3.05, 3.63) is 59.7 Å². The highest BCUT2D eigenvalue weighted by Gasteiger charge is 2.32. The molecule has 2 aromatic rings. The maximum Gasteiger partial charge on any atom is 0.335 e. The van der Waals surface area contributed by atoms with Crippen LogP contribution in [0, 0.1) is 0 Å². The number of carboxylic acids is 1. The molecule has 0 bridgehead atoms. The van der Waals surface area contributed by atoms with E-state index in [2.05, 4.69) is 0 Å². The Hall–Kier alpha value is -2.38. The van der Waals surface area contributed by atoms with Crippen LogP contribution >= 0.6 is 0 Å². The third-order valence-electron chi connectivity index (χ3n) is 5.19. The van der Waals surface area contributed by atoms with Crippen LogP contribution in [-0.4, -0.2) is 37.0 Å². The van der Waals surface area contributed by atoms with E-state index in [1.165, 1.54) is 24.3 Å². The van der Waals surface area contributed by atoms with Crippen LogP contribution in [0.5, 0.6) is 5.75 Å². The van der Waals surface area contributed by atoms with E-state index >= 15 is 0 Å². The molecule has 1 aliphatic carbocycles. The van der Waals surface area contributed by atoms with Gasteiger partial charge in [0.25, 0.3) is 0 Å². The second-order valence-electron chi connectivity index (χ2n) is 7.02. The minimum atomic E-state index is -3.75. The van der Waals surface area contributed by atoms with E-state index in [1.807, 2.05) is 24.3 Å². The number of ether oxygens (including phenoxy) is 1. The van der Waals surface area contributed by atoms with E-state index in [4.69, 9.17) is 9.84 Å². The molecule has 0 aromatic heterocycles. The Morgan fingerprint density at radius 3 is 2.18 bits per heavy atom. The summed E-state index contributed by atoms with van der Waals surface area (Å²) in [6, 6.07) is 12.8. The maximum atomic E-state index is 13.4. The lowest BCUT2D eigenvalue weighted by molar-refractivity contribution is 0.0696. The molecule has 0 amide bonds. The molecule has 0 atom stereocenters.